The number of anilines is 1. The Morgan fingerprint density at radius 2 is 1.60 bits per heavy atom. The predicted molar refractivity (Wildman–Crippen MR) is 151 cm³/mol. The van der Waals surface area contributed by atoms with E-state index in [1.165, 1.54) is 67.0 Å². The molecule has 2 aromatic carbocycles. The van der Waals surface area contributed by atoms with Crippen LogP contribution in [0.5, 0.6) is 23.1 Å². The van der Waals surface area contributed by atoms with E-state index < -0.39 is 52.2 Å². The molecule has 43 heavy (non-hydrogen) atoms. The topological polar surface area (TPSA) is 166 Å². The van der Waals surface area contributed by atoms with Gasteiger partial charge in [-0.15, -0.1) is 0 Å². The minimum absolute atomic E-state index is 0.136. The molecule has 0 amide bonds. The first-order valence-electron chi connectivity index (χ1n) is 13.6. The van der Waals surface area contributed by atoms with Crippen LogP contribution in [-0.4, -0.2) is 64.4 Å². The van der Waals surface area contributed by atoms with E-state index in [4.69, 9.17) is 22.1 Å². The molecule has 0 aliphatic carbocycles. The smallest absolute Gasteiger partial charge is 0.387 e. The van der Waals surface area contributed by atoms with Crippen molar-refractivity contribution >= 4 is 15.8 Å². The van der Waals surface area contributed by atoms with Crippen LogP contribution >= 0.6 is 0 Å². The van der Waals surface area contributed by atoms with Gasteiger partial charge in [0.1, 0.15) is 0 Å². The number of ether oxygens (including phenoxy) is 3. The lowest BCUT2D eigenvalue weighted by molar-refractivity contribution is -0.217. The number of aliphatic hydroxyl groups excluding tert-OH is 1. The van der Waals surface area contributed by atoms with Crippen molar-refractivity contribution in [3.05, 3.63) is 72.6 Å². The number of benzene rings is 2. The van der Waals surface area contributed by atoms with Crippen molar-refractivity contribution < 1.29 is 44.4 Å². The summed E-state index contributed by atoms with van der Waals surface area (Å²) in [5.41, 5.74) is 0.00468. The molecule has 0 spiro atoms. The van der Waals surface area contributed by atoms with Crippen molar-refractivity contribution in [1.29, 1.82) is 0 Å². The van der Waals surface area contributed by atoms with Gasteiger partial charge in [-0.25, -0.2) is 23.4 Å². The van der Waals surface area contributed by atoms with Gasteiger partial charge < -0.3 is 24.4 Å². The van der Waals surface area contributed by atoms with E-state index in [0.717, 1.165) is 6.92 Å². The maximum Gasteiger partial charge on any atom is 0.387 e. The van der Waals surface area contributed by atoms with Crippen molar-refractivity contribution in [2.45, 2.75) is 37.2 Å². The van der Waals surface area contributed by atoms with Crippen LogP contribution in [0.4, 0.5) is 14.6 Å². The third-order valence-corrected chi connectivity index (χ3v) is 7.18. The Morgan fingerprint density at radius 3 is 2.21 bits per heavy atom. The minimum Gasteiger partial charge on any atom is -0.490 e. The first-order valence-corrected chi connectivity index (χ1v) is 14.1. The van der Waals surface area contributed by atoms with Crippen LogP contribution in [0.3, 0.4) is 0 Å². The molecule has 0 saturated heterocycles. The molecule has 0 aliphatic rings. The zero-order valence-electron chi connectivity index (χ0n) is 25.2. The van der Waals surface area contributed by atoms with Crippen molar-refractivity contribution in [3.8, 4) is 34.8 Å². The van der Waals surface area contributed by atoms with Crippen LogP contribution < -0.4 is 18.9 Å². The van der Waals surface area contributed by atoms with Crippen LogP contribution in [0.2, 0.25) is 0 Å². The van der Waals surface area contributed by atoms with Crippen LogP contribution in [0.1, 0.15) is 29.1 Å². The Labute approximate surface area is 249 Å². The number of hydrogen-bond donors (Lipinski definition) is 3. The van der Waals surface area contributed by atoms with Gasteiger partial charge in [0.2, 0.25) is 11.6 Å². The molecule has 0 bridgehead atoms. The highest BCUT2D eigenvalue weighted by atomic mass is 32.2. The average molecular weight is 620 g/mol. The van der Waals surface area contributed by atoms with E-state index >= 15 is 0 Å². The number of para-hydroxylation sites is 2. The van der Waals surface area contributed by atoms with Gasteiger partial charge in [0.15, 0.2) is 29.7 Å². The molecule has 0 saturated carbocycles. The number of aliphatic hydroxyl groups is 2. The quantitative estimate of drug-likeness (QED) is 0.197. The van der Waals surface area contributed by atoms with Crippen LogP contribution in [-0.2, 0) is 15.4 Å². The third kappa shape index (κ3) is 7.88. The average Bonchev–Trinajstić information content (AvgIpc) is 2.97. The second kappa shape index (κ2) is 12.8. The van der Waals surface area contributed by atoms with Gasteiger partial charge in [0, 0.05) is 17.8 Å². The van der Waals surface area contributed by atoms with E-state index in [-0.39, 0.29) is 34.7 Å². The second-order valence-corrected chi connectivity index (χ2v) is 11.3. The molecule has 15 heteroatoms. The van der Waals surface area contributed by atoms with Crippen molar-refractivity contribution in [2.24, 2.45) is 0 Å². The highest BCUT2D eigenvalue weighted by Crippen LogP contribution is 2.42. The number of sulfonamides is 1. The molecule has 4 aromatic rings. The maximum atomic E-state index is 13.6. The van der Waals surface area contributed by atoms with Crippen LogP contribution in [0, 0.1) is 0 Å². The van der Waals surface area contributed by atoms with Gasteiger partial charge in [0.05, 0.1) is 20.8 Å². The molecule has 2 aromatic heterocycles. The highest BCUT2D eigenvalue weighted by Gasteiger charge is 2.30. The Bertz CT molecular complexity index is 1740. The Morgan fingerprint density at radius 1 is 0.953 bits per heavy atom. The fourth-order valence-electron chi connectivity index (χ4n) is 3.56. The fourth-order valence-corrected chi connectivity index (χ4v) is 4.57. The highest BCUT2D eigenvalue weighted by molar-refractivity contribution is 7.92. The summed E-state index contributed by atoms with van der Waals surface area (Å²) in [5.74, 6) is -2.80. The molecule has 12 nitrogen and oxygen atoms in total. The number of nitrogens with one attached hydrogen (secondary N) is 1. The summed E-state index contributed by atoms with van der Waals surface area (Å²) < 4.78 is 88.3. The third-order valence-electron chi connectivity index (χ3n) is 5.83. The molecule has 0 unspecified atom stereocenters. The van der Waals surface area contributed by atoms with E-state index in [1.807, 2.05) is 0 Å². The van der Waals surface area contributed by atoms with E-state index in [2.05, 4.69) is 24.7 Å². The van der Waals surface area contributed by atoms with Crippen LogP contribution in [0.15, 0.2) is 71.9 Å². The molecular formula is C28H29F2N5O7S. The number of hydrogen-bond acceptors (Lipinski definition) is 11. The number of alkyl halides is 2. The molecule has 0 aliphatic heterocycles. The number of aromatic nitrogens is 4. The monoisotopic (exact) mass is 619 g/mol. The Hall–Kier alpha value is -4.47. The lowest BCUT2D eigenvalue weighted by Gasteiger charge is -2.22. The molecule has 2 heterocycles. The summed E-state index contributed by atoms with van der Waals surface area (Å²) in [6, 6.07) is 12.8. The van der Waals surface area contributed by atoms with Gasteiger partial charge in [-0.3, -0.25) is 4.72 Å². The largest absolute Gasteiger partial charge is 0.490 e. The normalized spacial score (nSPS) is 13.1. The molecule has 0 fully saturated rings. The summed E-state index contributed by atoms with van der Waals surface area (Å²) in [7, 11) is -4.46. The Kier molecular flexibility index (Phi) is 8.53. The molecule has 228 valence electrons. The molecule has 0 radical (unpaired) electrons. The van der Waals surface area contributed by atoms with E-state index in [9.17, 15) is 22.3 Å². The SMILES string of the molecule is [2H]C([2H])(C)Oc1ccccc1Oc1c(NS(=O)(=O)c2ccc(C(C)(C)CO)cc2)nc(-c2ncccn2)nc1OCC(O)(F)F. The van der Waals surface area contributed by atoms with Gasteiger partial charge >= 0.3 is 6.11 Å². The summed E-state index contributed by atoms with van der Waals surface area (Å²) in [6.07, 6.45) is -1.65. The zero-order chi connectivity index (χ0) is 33.0. The summed E-state index contributed by atoms with van der Waals surface area (Å²) >= 11 is 0. The second-order valence-electron chi connectivity index (χ2n) is 9.58. The minimum atomic E-state index is -4.46. The van der Waals surface area contributed by atoms with Crippen molar-refractivity contribution in [1.82, 2.24) is 19.9 Å². The van der Waals surface area contributed by atoms with Gasteiger partial charge in [0.25, 0.3) is 15.9 Å². The molecule has 0 atom stereocenters. The lowest BCUT2D eigenvalue weighted by Crippen LogP contribution is -2.25. The number of nitrogens with zero attached hydrogens (tertiary/aromatic N) is 4. The summed E-state index contributed by atoms with van der Waals surface area (Å²) in [6.45, 7) is 0.698. The number of halogens is 2. The predicted octanol–water partition coefficient (Wildman–Crippen LogP) is 4.16. The van der Waals surface area contributed by atoms with Gasteiger partial charge in [-0.1, -0.05) is 38.1 Å². The molecule has 3 N–H and O–H groups in total. The van der Waals surface area contributed by atoms with E-state index in [0.29, 0.717) is 5.56 Å². The van der Waals surface area contributed by atoms with Crippen LogP contribution in [0.25, 0.3) is 11.6 Å². The molecule has 4 rings (SSSR count). The van der Waals surface area contributed by atoms with E-state index in [1.54, 1.807) is 13.8 Å². The zero-order valence-corrected chi connectivity index (χ0v) is 24.0. The fraction of sp³-hybridized carbons (Fsp3) is 0.286. The van der Waals surface area contributed by atoms with Crippen molar-refractivity contribution in [3.63, 3.8) is 0 Å². The summed E-state index contributed by atoms with van der Waals surface area (Å²) in [4.78, 5) is 16.1. The van der Waals surface area contributed by atoms with Gasteiger partial charge in [-0.05, 0) is 42.8 Å². The first-order chi connectivity index (χ1) is 21.0. The first kappa shape index (κ1) is 28.6. The van der Waals surface area contributed by atoms with Gasteiger partial charge in [-0.2, -0.15) is 13.8 Å². The lowest BCUT2D eigenvalue weighted by atomic mass is 9.86. The Balaban J connectivity index is 1.88. The van der Waals surface area contributed by atoms with Crippen molar-refractivity contribution in [2.75, 3.05) is 24.5 Å². The molecular weight excluding hydrogens is 588 g/mol. The summed E-state index contributed by atoms with van der Waals surface area (Å²) in [5, 5.41) is 18.7. The standard InChI is InChI=1S/C28H29F2N5O7S/c1-4-40-20-8-5-6-9-21(20)42-22-23(35-43(38,39)19-12-10-18(11-13-19)27(2,3)16-36)33-25(24-31-14-7-15-32-24)34-26(22)41-17-28(29,30)37/h5-15,36-37H,4,16-17H2,1-3H3,(H,33,34,35)/i4D2. The number of rotatable bonds is 13. The maximum absolute atomic E-state index is 13.6.